The first-order valence-electron chi connectivity index (χ1n) is 22.3. The largest absolute Gasteiger partial charge is 0.378 e. The smallest absolute Gasteiger partial charge is 0.289 e. The van der Waals surface area contributed by atoms with Gasteiger partial charge in [-0.3, -0.25) is 33.6 Å². The quantitative estimate of drug-likeness (QED) is 0.0711. The summed E-state index contributed by atoms with van der Waals surface area (Å²) in [5.41, 5.74) is 4.49. The van der Waals surface area contributed by atoms with E-state index in [1.807, 2.05) is 27.7 Å². The number of rotatable bonds is 22. The molecule has 1 aromatic rings. The molecule has 6 amide bonds. The fourth-order valence-corrected chi connectivity index (χ4v) is 8.75. The van der Waals surface area contributed by atoms with E-state index >= 15 is 0 Å². The maximum atomic E-state index is 14.8. The minimum absolute atomic E-state index is 0.000490. The van der Waals surface area contributed by atoms with E-state index in [1.54, 1.807) is 4.90 Å². The van der Waals surface area contributed by atoms with Crippen LogP contribution in [0.4, 0.5) is 0 Å². The number of fused-ring (bicyclic) bond motifs is 1. The highest BCUT2D eigenvalue weighted by Gasteiger charge is 2.52. The van der Waals surface area contributed by atoms with Gasteiger partial charge < -0.3 is 46.7 Å². The number of hydrogen-bond donors (Lipinski definition) is 6. The predicted molar refractivity (Wildman–Crippen MR) is 224 cm³/mol. The lowest BCUT2D eigenvalue weighted by Gasteiger charge is -2.38. The lowest BCUT2D eigenvalue weighted by atomic mass is 9.82. The molecule has 1 aliphatic heterocycles. The lowest BCUT2D eigenvalue weighted by Crippen LogP contribution is -2.62. The Morgan fingerprint density at radius 3 is 2.11 bits per heavy atom. The van der Waals surface area contributed by atoms with E-state index in [4.69, 9.17) is 15.2 Å². The minimum atomic E-state index is -1.07. The molecule has 5 rings (SSSR count). The van der Waals surface area contributed by atoms with Gasteiger partial charge in [0.25, 0.3) is 17.7 Å². The molecule has 0 spiro atoms. The highest BCUT2D eigenvalue weighted by molar-refractivity contribution is 6.38. The van der Waals surface area contributed by atoms with Crippen LogP contribution in [0.15, 0.2) is 12.4 Å². The molecule has 2 heterocycles. The van der Waals surface area contributed by atoms with Crippen LogP contribution in [0.3, 0.4) is 0 Å². The summed E-state index contributed by atoms with van der Waals surface area (Å²) in [7, 11) is 0. The molecule has 1 aromatic heterocycles. The fourth-order valence-electron chi connectivity index (χ4n) is 8.75. The number of Topliss-reactive ketones (excluding diaryl/α,β-unsaturated/α-hetero) is 1. The number of aromatic nitrogens is 2. The zero-order chi connectivity index (χ0) is 44.1. The summed E-state index contributed by atoms with van der Waals surface area (Å²) in [5.74, 6) is -4.23. The first kappa shape index (κ1) is 47.5. The van der Waals surface area contributed by atoms with Crippen LogP contribution in [-0.2, 0) is 33.4 Å². The van der Waals surface area contributed by atoms with Crippen molar-refractivity contribution in [1.82, 2.24) is 41.5 Å². The second-order valence-corrected chi connectivity index (χ2v) is 18.0. The molecule has 4 fully saturated rings. The van der Waals surface area contributed by atoms with Gasteiger partial charge >= 0.3 is 0 Å². The number of carbonyl (C=O) groups excluding carboxylic acids is 7. The molecule has 0 radical (unpaired) electrons. The zero-order valence-corrected chi connectivity index (χ0v) is 36.3. The third-order valence-electron chi connectivity index (χ3n) is 12.2. The van der Waals surface area contributed by atoms with E-state index in [2.05, 4.69) is 36.6 Å². The summed E-state index contributed by atoms with van der Waals surface area (Å²) in [4.78, 5) is 106. The third kappa shape index (κ3) is 13.2. The SMILES string of the molecule is CCC[C@H](NC(=O)[C@@H]1C2CCC[C@H]2CN1C(=O)[C@@H](NC(=O)[C@@H](NC(=O)c1cnc(C(=O)NCCOCCOCCN)cn1)C1CCCCC1)C(C)(C)C)C(=O)C(=O)NC1CC1. The number of ether oxygens (including phenoxy) is 2. The molecule has 7 N–H and O–H groups in total. The van der Waals surface area contributed by atoms with Crippen LogP contribution in [-0.4, -0.2) is 132 Å². The molecule has 1 unspecified atom stereocenters. The Kier molecular flexibility index (Phi) is 17.5. The van der Waals surface area contributed by atoms with Crippen molar-refractivity contribution in [2.45, 2.75) is 135 Å². The summed E-state index contributed by atoms with van der Waals surface area (Å²) < 4.78 is 10.7. The number of carbonyl (C=O) groups is 7. The van der Waals surface area contributed by atoms with Gasteiger partial charge in [-0.1, -0.05) is 59.8 Å². The highest BCUT2D eigenvalue weighted by atomic mass is 16.5. The molecule has 338 valence electrons. The van der Waals surface area contributed by atoms with Gasteiger partial charge in [-0.05, 0) is 68.1 Å². The summed E-state index contributed by atoms with van der Waals surface area (Å²) >= 11 is 0. The van der Waals surface area contributed by atoms with E-state index in [1.165, 1.54) is 12.4 Å². The summed E-state index contributed by atoms with van der Waals surface area (Å²) in [6.07, 6.45) is 11.5. The summed E-state index contributed by atoms with van der Waals surface area (Å²) in [5, 5.41) is 14.1. The number of amides is 6. The number of ketones is 1. The molecular weight excluding hydrogens is 787 g/mol. The zero-order valence-electron chi connectivity index (χ0n) is 36.3. The molecule has 1 saturated heterocycles. The van der Waals surface area contributed by atoms with E-state index < -0.39 is 70.8 Å². The Morgan fingerprint density at radius 1 is 0.820 bits per heavy atom. The molecule has 6 atom stereocenters. The molecule has 0 aromatic carbocycles. The van der Waals surface area contributed by atoms with Crippen molar-refractivity contribution in [1.29, 1.82) is 0 Å². The summed E-state index contributed by atoms with van der Waals surface area (Å²) in [6.45, 7) is 9.82. The number of nitrogens with zero attached hydrogens (tertiary/aromatic N) is 3. The monoisotopic (exact) mass is 854 g/mol. The normalized spacial score (nSPS) is 21.7. The molecule has 18 nitrogen and oxygen atoms in total. The van der Waals surface area contributed by atoms with Crippen molar-refractivity contribution in [3.8, 4) is 0 Å². The minimum Gasteiger partial charge on any atom is -0.378 e. The Bertz CT molecular complexity index is 1690. The summed E-state index contributed by atoms with van der Waals surface area (Å²) in [6, 6.07) is -3.98. The van der Waals surface area contributed by atoms with Gasteiger partial charge in [-0.25, -0.2) is 9.97 Å². The first-order chi connectivity index (χ1) is 29.2. The van der Waals surface area contributed by atoms with Gasteiger partial charge in [0.1, 0.15) is 29.5 Å². The second-order valence-electron chi connectivity index (χ2n) is 18.0. The van der Waals surface area contributed by atoms with Crippen LogP contribution in [0.5, 0.6) is 0 Å². The molecule has 0 bridgehead atoms. The van der Waals surface area contributed by atoms with E-state index in [0.717, 1.165) is 51.4 Å². The number of likely N-dealkylation sites (tertiary alicyclic amines) is 1. The molecule has 3 saturated carbocycles. The van der Waals surface area contributed by atoms with Crippen LogP contribution >= 0.6 is 0 Å². The predicted octanol–water partition coefficient (Wildman–Crippen LogP) is 1.17. The Hall–Kier alpha value is -4.55. The standard InChI is InChI=1S/C43H67N9O9/c1-5-10-30(35(53)41(58)48-28-15-16-28)49-40(57)34-29-14-9-13-27(29)25-52(34)42(59)36(43(2,3)4)51-39(56)33(26-11-7-6-8-12-26)50-38(55)32-24-46-31(23-47-32)37(54)45-18-20-61-22-21-60-19-17-44/h23-24,26-30,33-34,36H,5-22,25,44H2,1-4H3,(H,45,54)(H,48,58)(H,49,57)(H,50,55)(H,51,56)/t27-,29?,30-,33-,34-,36+/m0/s1. The van der Waals surface area contributed by atoms with Crippen molar-refractivity contribution in [2.24, 2.45) is 28.9 Å². The van der Waals surface area contributed by atoms with Gasteiger partial charge in [0, 0.05) is 25.7 Å². The van der Waals surface area contributed by atoms with Gasteiger partial charge in [-0.2, -0.15) is 0 Å². The molecular formula is C43H67N9O9. The van der Waals surface area contributed by atoms with Crippen LogP contribution in [0.1, 0.15) is 126 Å². The topological polar surface area (TPSA) is 253 Å². The van der Waals surface area contributed by atoms with E-state index in [9.17, 15) is 33.6 Å². The molecule has 4 aliphatic rings. The lowest BCUT2D eigenvalue weighted by molar-refractivity contribution is -0.146. The molecule has 18 heteroatoms. The number of nitrogens with two attached hydrogens (primary N) is 1. The maximum Gasteiger partial charge on any atom is 0.289 e. The van der Waals surface area contributed by atoms with Crippen molar-refractivity contribution in [3.63, 3.8) is 0 Å². The number of nitrogens with one attached hydrogen (secondary N) is 5. The molecule has 61 heavy (non-hydrogen) atoms. The second kappa shape index (κ2) is 22.5. The van der Waals surface area contributed by atoms with Crippen LogP contribution in [0.2, 0.25) is 0 Å². The Balaban J connectivity index is 1.26. The van der Waals surface area contributed by atoms with Gasteiger partial charge in [0.05, 0.1) is 44.9 Å². The van der Waals surface area contributed by atoms with Crippen molar-refractivity contribution in [3.05, 3.63) is 23.8 Å². The van der Waals surface area contributed by atoms with Gasteiger partial charge in [0.15, 0.2) is 0 Å². The van der Waals surface area contributed by atoms with Gasteiger partial charge in [-0.15, -0.1) is 0 Å². The van der Waals surface area contributed by atoms with Crippen LogP contribution in [0.25, 0.3) is 0 Å². The fraction of sp³-hybridized carbons (Fsp3) is 0.744. The van der Waals surface area contributed by atoms with Crippen molar-refractivity contribution >= 4 is 41.2 Å². The van der Waals surface area contributed by atoms with Crippen LogP contribution in [0, 0.1) is 23.2 Å². The van der Waals surface area contributed by atoms with E-state index in [0.29, 0.717) is 52.2 Å². The van der Waals surface area contributed by atoms with Crippen LogP contribution < -0.4 is 32.3 Å². The molecule has 3 aliphatic carbocycles. The third-order valence-corrected chi connectivity index (χ3v) is 12.2. The average Bonchev–Trinajstić information content (AvgIpc) is 3.81. The number of hydrogen-bond acceptors (Lipinski definition) is 12. The van der Waals surface area contributed by atoms with E-state index in [-0.39, 0.29) is 54.8 Å². The van der Waals surface area contributed by atoms with Crippen molar-refractivity contribution in [2.75, 3.05) is 46.1 Å². The van der Waals surface area contributed by atoms with Crippen molar-refractivity contribution < 1.29 is 43.0 Å². The Labute approximate surface area is 358 Å². The van der Waals surface area contributed by atoms with Gasteiger partial charge in [0.2, 0.25) is 23.5 Å². The average molecular weight is 854 g/mol. The first-order valence-corrected chi connectivity index (χ1v) is 22.3. The Morgan fingerprint density at radius 2 is 1.49 bits per heavy atom. The maximum absolute atomic E-state index is 14.8. The highest BCUT2D eigenvalue weighted by Crippen LogP contribution is 2.43.